The number of carbonyl (C=O) groups excluding carboxylic acids is 2. The van der Waals surface area contributed by atoms with Gasteiger partial charge >= 0.3 is 5.97 Å². The second-order valence-electron chi connectivity index (χ2n) is 6.02. The van der Waals surface area contributed by atoms with E-state index in [0.29, 0.717) is 26.6 Å². The molecule has 1 aromatic carbocycles. The van der Waals surface area contributed by atoms with Crippen molar-refractivity contribution in [2.45, 2.75) is 25.9 Å². The fraction of sp³-hybridized carbons (Fsp3) is 0.263. The van der Waals surface area contributed by atoms with Crippen molar-refractivity contribution in [1.82, 2.24) is 15.2 Å². The van der Waals surface area contributed by atoms with Gasteiger partial charge in [-0.2, -0.15) is 0 Å². The van der Waals surface area contributed by atoms with Gasteiger partial charge in [-0.15, -0.1) is 16.4 Å². The van der Waals surface area contributed by atoms with Crippen molar-refractivity contribution >= 4 is 51.6 Å². The third kappa shape index (κ3) is 5.17. The third-order valence-corrected chi connectivity index (χ3v) is 6.25. The fourth-order valence-electron chi connectivity index (χ4n) is 2.50. The van der Waals surface area contributed by atoms with E-state index >= 15 is 0 Å². The number of H-pyrrole nitrogens is 1. The van der Waals surface area contributed by atoms with Crippen molar-refractivity contribution in [2.75, 3.05) is 17.7 Å². The fourth-order valence-corrected chi connectivity index (χ4v) is 4.29. The van der Waals surface area contributed by atoms with E-state index in [1.165, 1.54) is 23.1 Å². The molecule has 0 atom stereocenters. The first-order valence-electron chi connectivity index (χ1n) is 8.77. The number of hydrogen-bond acceptors (Lipinski definition) is 7. The lowest BCUT2D eigenvalue weighted by molar-refractivity contribution is -0.113. The molecule has 152 valence electrons. The minimum atomic E-state index is -0.432. The average Bonchev–Trinajstić information content (AvgIpc) is 3.26. The Balaban J connectivity index is 1.63. The van der Waals surface area contributed by atoms with Gasteiger partial charge in [-0.05, 0) is 50.6 Å². The largest absolute Gasteiger partial charge is 0.462 e. The van der Waals surface area contributed by atoms with Gasteiger partial charge in [0.05, 0.1) is 17.9 Å². The third-order valence-electron chi connectivity index (χ3n) is 4.03. The Bertz CT molecular complexity index is 1030. The molecule has 0 radical (unpaired) electrons. The summed E-state index contributed by atoms with van der Waals surface area (Å²) < 4.78 is 5.10. The normalized spacial score (nSPS) is 10.8. The van der Waals surface area contributed by atoms with E-state index in [4.69, 9.17) is 16.3 Å². The number of nitrogens with zero attached hydrogens (tertiary/aromatic N) is 2. The lowest BCUT2D eigenvalue weighted by Gasteiger charge is -2.06. The minimum Gasteiger partial charge on any atom is -0.462 e. The number of benzene rings is 1. The van der Waals surface area contributed by atoms with Crippen molar-refractivity contribution in [3.05, 3.63) is 45.3 Å². The zero-order chi connectivity index (χ0) is 21.0. The van der Waals surface area contributed by atoms with Crippen molar-refractivity contribution in [3.63, 3.8) is 0 Å². The Morgan fingerprint density at radius 1 is 1.28 bits per heavy atom. The van der Waals surface area contributed by atoms with Gasteiger partial charge in [-0.3, -0.25) is 9.89 Å². The lowest BCUT2D eigenvalue weighted by Crippen LogP contribution is -2.16. The van der Waals surface area contributed by atoms with E-state index in [1.807, 2.05) is 26.0 Å². The minimum absolute atomic E-state index is 0.107. The molecule has 2 N–H and O–H groups in total. The lowest BCUT2D eigenvalue weighted by atomic mass is 10.1. The molecule has 7 nitrogen and oxygen atoms in total. The highest BCUT2D eigenvalue weighted by atomic mass is 35.5. The van der Waals surface area contributed by atoms with Crippen LogP contribution in [0, 0.1) is 13.8 Å². The highest BCUT2D eigenvalue weighted by Gasteiger charge is 2.22. The summed E-state index contributed by atoms with van der Waals surface area (Å²) in [5.74, 6) is 0.0214. The molecule has 0 saturated carbocycles. The number of hydrogen-bond donors (Lipinski definition) is 2. The summed E-state index contributed by atoms with van der Waals surface area (Å²) in [5, 5.41) is 11.4. The zero-order valence-corrected chi connectivity index (χ0v) is 18.4. The van der Waals surface area contributed by atoms with Gasteiger partial charge in [-0.1, -0.05) is 23.4 Å². The monoisotopic (exact) mass is 450 g/mol. The van der Waals surface area contributed by atoms with Crippen LogP contribution in [0.4, 0.5) is 5.00 Å². The van der Waals surface area contributed by atoms with Gasteiger partial charge in [0.1, 0.15) is 5.00 Å². The number of aryl methyl sites for hydroxylation is 1. The number of aromatic nitrogens is 3. The SMILES string of the molecule is CCOC(=O)c1c(NC(=O)CSc2n[nH]c(-c3ccc(Cl)cc3)n2)sc(C)c1C. The number of halogens is 1. The molecule has 3 rings (SSSR count). The molecular weight excluding hydrogens is 432 g/mol. The maximum absolute atomic E-state index is 12.4. The van der Waals surface area contributed by atoms with E-state index in [9.17, 15) is 9.59 Å². The number of thioether (sulfide) groups is 1. The average molecular weight is 451 g/mol. The van der Waals surface area contributed by atoms with Gasteiger partial charge in [0.2, 0.25) is 11.1 Å². The van der Waals surface area contributed by atoms with Crippen LogP contribution < -0.4 is 5.32 Å². The van der Waals surface area contributed by atoms with Gasteiger partial charge in [0.15, 0.2) is 5.82 Å². The van der Waals surface area contributed by atoms with Crippen LogP contribution in [0.1, 0.15) is 27.7 Å². The van der Waals surface area contributed by atoms with E-state index in [-0.39, 0.29) is 18.3 Å². The van der Waals surface area contributed by atoms with Crippen LogP contribution in [0.15, 0.2) is 29.4 Å². The second kappa shape index (κ2) is 9.43. The van der Waals surface area contributed by atoms with E-state index in [0.717, 1.165) is 16.0 Å². The van der Waals surface area contributed by atoms with Crippen molar-refractivity contribution < 1.29 is 14.3 Å². The number of ether oxygens (including phenoxy) is 1. The number of thiophene rings is 1. The van der Waals surface area contributed by atoms with Gasteiger partial charge < -0.3 is 10.1 Å². The van der Waals surface area contributed by atoms with Gasteiger partial charge in [0.25, 0.3) is 0 Å². The van der Waals surface area contributed by atoms with Crippen molar-refractivity contribution in [2.24, 2.45) is 0 Å². The number of nitrogens with one attached hydrogen (secondary N) is 2. The summed E-state index contributed by atoms with van der Waals surface area (Å²) >= 11 is 8.45. The number of carbonyl (C=O) groups is 2. The molecule has 2 heterocycles. The molecule has 0 unspecified atom stereocenters. The van der Waals surface area contributed by atoms with Crippen LogP contribution in [0.25, 0.3) is 11.4 Å². The van der Waals surface area contributed by atoms with Crippen molar-refractivity contribution in [1.29, 1.82) is 0 Å². The Morgan fingerprint density at radius 2 is 2.00 bits per heavy atom. The van der Waals surface area contributed by atoms with Crippen molar-refractivity contribution in [3.8, 4) is 11.4 Å². The number of anilines is 1. The first kappa shape index (κ1) is 21.4. The van der Waals surface area contributed by atoms with Crippen LogP contribution in [0.3, 0.4) is 0 Å². The van der Waals surface area contributed by atoms with Crippen LogP contribution in [-0.4, -0.2) is 39.4 Å². The summed E-state index contributed by atoms with van der Waals surface area (Å²) in [5.41, 5.74) is 2.08. The Morgan fingerprint density at radius 3 is 2.69 bits per heavy atom. The maximum Gasteiger partial charge on any atom is 0.341 e. The molecule has 0 aliphatic heterocycles. The van der Waals surface area contributed by atoms with Crippen LogP contribution >= 0.6 is 34.7 Å². The molecule has 0 aliphatic rings. The highest BCUT2D eigenvalue weighted by Crippen LogP contribution is 2.33. The summed E-state index contributed by atoms with van der Waals surface area (Å²) in [6.07, 6.45) is 0. The summed E-state index contributed by atoms with van der Waals surface area (Å²) in [7, 11) is 0. The molecule has 0 saturated heterocycles. The smallest absolute Gasteiger partial charge is 0.341 e. The second-order valence-corrected chi connectivity index (χ2v) is 8.62. The Hall–Kier alpha value is -2.36. The predicted molar refractivity (Wildman–Crippen MR) is 116 cm³/mol. The molecule has 0 spiro atoms. The molecule has 29 heavy (non-hydrogen) atoms. The number of rotatable bonds is 7. The van der Waals surface area contributed by atoms with E-state index in [1.54, 1.807) is 19.1 Å². The van der Waals surface area contributed by atoms with Crippen LogP contribution in [0.5, 0.6) is 0 Å². The molecule has 0 aliphatic carbocycles. The first-order chi connectivity index (χ1) is 13.9. The topological polar surface area (TPSA) is 97.0 Å². The predicted octanol–water partition coefficient (Wildman–Crippen LogP) is 4.71. The molecule has 2 aromatic heterocycles. The van der Waals surface area contributed by atoms with Gasteiger partial charge in [-0.25, -0.2) is 9.78 Å². The van der Waals surface area contributed by atoms with Gasteiger partial charge in [0, 0.05) is 15.5 Å². The maximum atomic E-state index is 12.4. The summed E-state index contributed by atoms with van der Waals surface area (Å²) in [6.45, 7) is 5.77. The van der Waals surface area contributed by atoms with Crippen LogP contribution in [-0.2, 0) is 9.53 Å². The quantitative estimate of drug-likeness (QED) is 0.399. The highest BCUT2D eigenvalue weighted by molar-refractivity contribution is 7.99. The first-order valence-corrected chi connectivity index (χ1v) is 10.9. The zero-order valence-electron chi connectivity index (χ0n) is 16.0. The van der Waals surface area contributed by atoms with E-state index in [2.05, 4.69) is 20.5 Å². The number of esters is 1. The summed E-state index contributed by atoms with van der Waals surface area (Å²) in [6, 6.07) is 7.21. The molecule has 10 heteroatoms. The summed E-state index contributed by atoms with van der Waals surface area (Å²) in [4.78, 5) is 29.9. The molecule has 1 amide bonds. The van der Waals surface area contributed by atoms with E-state index < -0.39 is 5.97 Å². The van der Waals surface area contributed by atoms with Crippen LogP contribution in [0.2, 0.25) is 5.02 Å². The molecule has 3 aromatic rings. The molecule has 0 bridgehead atoms. The molecular formula is C19H19ClN4O3S2. The number of amides is 1. The Kier molecular flexibility index (Phi) is 6.94. The Labute approximate surface area is 181 Å². The number of aromatic amines is 1. The molecule has 0 fully saturated rings. The standard InChI is InChI=1S/C19H19ClN4O3S2/c1-4-27-18(26)15-10(2)11(3)29-17(15)21-14(25)9-28-19-22-16(23-24-19)12-5-7-13(20)8-6-12/h5-8H,4,9H2,1-3H3,(H,21,25)(H,22,23,24).